The second-order valence-corrected chi connectivity index (χ2v) is 10.4. The molecule has 2 heteroatoms. The molecular formula is C25H50N2. The second kappa shape index (κ2) is 11.8. The fraction of sp³-hybridized carbons (Fsp3) is 1.00. The van der Waals surface area contributed by atoms with Crippen LogP contribution in [-0.4, -0.2) is 12.1 Å². The molecule has 0 bridgehead atoms. The van der Waals surface area contributed by atoms with Crippen LogP contribution in [0.1, 0.15) is 136 Å². The third-order valence-electron chi connectivity index (χ3n) is 8.19. The lowest BCUT2D eigenvalue weighted by Gasteiger charge is -2.48. The van der Waals surface area contributed by atoms with Crippen LogP contribution in [0.5, 0.6) is 0 Å². The van der Waals surface area contributed by atoms with Gasteiger partial charge in [0.05, 0.1) is 0 Å². The van der Waals surface area contributed by atoms with E-state index in [4.69, 9.17) is 11.5 Å². The summed E-state index contributed by atoms with van der Waals surface area (Å²) in [4.78, 5) is 0. The van der Waals surface area contributed by atoms with Crippen LogP contribution in [0, 0.1) is 10.8 Å². The molecule has 2 aliphatic rings. The van der Waals surface area contributed by atoms with E-state index in [0.717, 1.165) is 12.8 Å². The van der Waals surface area contributed by atoms with E-state index in [9.17, 15) is 0 Å². The summed E-state index contributed by atoms with van der Waals surface area (Å²) in [6.07, 6.45) is 26.6. The number of nitrogens with two attached hydrogens (primary N) is 2. The Balaban J connectivity index is 2.00. The van der Waals surface area contributed by atoms with Crippen LogP contribution in [0.15, 0.2) is 0 Å². The van der Waals surface area contributed by atoms with Gasteiger partial charge in [-0.3, -0.25) is 0 Å². The first-order valence-electron chi connectivity index (χ1n) is 12.5. The predicted octanol–water partition coefficient (Wildman–Crippen LogP) is 7.09. The SMILES string of the molecule is CCC(N)CCCC1(CC2(CCCC(N)CC)CCCCC2)CCCCC1. The van der Waals surface area contributed by atoms with Gasteiger partial charge in [-0.25, -0.2) is 0 Å². The maximum Gasteiger partial charge on any atom is 0.00362 e. The van der Waals surface area contributed by atoms with Gasteiger partial charge in [0.1, 0.15) is 0 Å². The molecule has 160 valence electrons. The minimum atomic E-state index is 0.421. The fourth-order valence-electron chi connectivity index (χ4n) is 6.32. The Labute approximate surface area is 170 Å². The molecule has 2 unspecified atom stereocenters. The van der Waals surface area contributed by atoms with Crippen LogP contribution < -0.4 is 11.5 Å². The molecule has 0 aromatic rings. The summed E-state index contributed by atoms with van der Waals surface area (Å²) in [6.45, 7) is 4.47. The highest BCUT2D eigenvalue weighted by molar-refractivity contribution is 4.93. The zero-order chi connectivity index (χ0) is 19.6. The van der Waals surface area contributed by atoms with E-state index < -0.39 is 0 Å². The summed E-state index contributed by atoms with van der Waals surface area (Å²) < 4.78 is 0. The molecule has 0 aromatic heterocycles. The van der Waals surface area contributed by atoms with E-state index in [0.29, 0.717) is 22.9 Å². The summed E-state index contributed by atoms with van der Waals surface area (Å²) in [5, 5.41) is 0. The van der Waals surface area contributed by atoms with Crippen LogP contribution in [-0.2, 0) is 0 Å². The van der Waals surface area contributed by atoms with E-state index in [1.807, 2.05) is 0 Å². The average Bonchev–Trinajstić information content (AvgIpc) is 2.69. The molecule has 2 atom stereocenters. The second-order valence-electron chi connectivity index (χ2n) is 10.4. The van der Waals surface area contributed by atoms with E-state index in [-0.39, 0.29) is 0 Å². The average molecular weight is 379 g/mol. The molecular weight excluding hydrogens is 328 g/mol. The van der Waals surface area contributed by atoms with E-state index in [2.05, 4.69) is 13.8 Å². The lowest BCUT2D eigenvalue weighted by Crippen LogP contribution is -2.36. The Morgan fingerprint density at radius 2 is 1.00 bits per heavy atom. The van der Waals surface area contributed by atoms with Gasteiger partial charge >= 0.3 is 0 Å². The number of hydrogen-bond donors (Lipinski definition) is 2. The van der Waals surface area contributed by atoms with Gasteiger partial charge in [-0.05, 0) is 81.5 Å². The van der Waals surface area contributed by atoms with Crippen molar-refractivity contribution in [3.05, 3.63) is 0 Å². The van der Waals surface area contributed by atoms with Crippen molar-refractivity contribution >= 4 is 0 Å². The molecule has 0 aromatic carbocycles. The molecule has 4 N–H and O–H groups in total. The van der Waals surface area contributed by atoms with Gasteiger partial charge in [0, 0.05) is 12.1 Å². The third-order valence-corrected chi connectivity index (χ3v) is 8.19. The Bertz CT molecular complexity index is 344. The highest BCUT2D eigenvalue weighted by atomic mass is 14.6. The molecule has 0 spiro atoms. The molecule has 0 amide bonds. The van der Waals surface area contributed by atoms with Crippen molar-refractivity contribution in [3.63, 3.8) is 0 Å². The first-order valence-corrected chi connectivity index (χ1v) is 12.5. The Kier molecular flexibility index (Phi) is 10.1. The molecule has 2 nitrogen and oxygen atoms in total. The summed E-state index contributed by atoms with van der Waals surface area (Å²) in [6, 6.07) is 0.842. The lowest BCUT2D eigenvalue weighted by atomic mass is 9.57. The molecule has 0 saturated heterocycles. The topological polar surface area (TPSA) is 52.0 Å². The van der Waals surface area contributed by atoms with Gasteiger partial charge in [0.15, 0.2) is 0 Å². The van der Waals surface area contributed by atoms with Crippen molar-refractivity contribution in [2.24, 2.45) is 22.3 Å². The van der Waals surface area contributed by atoms with E-state index in [1.54, 1.807) is 0 Å². The molecule has 2 aliphatic carbocycles. The minimum Gasteiger partial charge on any atom is -0.328 e. The van der Waals surface area contributed by atoms with Gasteiger partial charge in [-0.1, -0.05) is 65.2 Å². The molecule has 0 aliphatic heterocycles. The van der Waals surface area contributed by atoms with Crippen molar-refractivity contribution in [1.82, 2.24) is 0 Å². The number of hydrogen-bond acceptors (Lipinski definition) is 2. The largest absolute Gasteiger partial charge is 0.328 e. The molecule has 2 fully saturated rings. The zero-order valence-corrected chi connectivity index (χ0v) is 18.7. The summed E-state index contributed by atoms with van der Waals surface area (Å²) in [5.74, 6) is 0. The van der Waals surface area contributed by atoms with Crippen LogP contribution in [0.25, 0.3) is 0 Å². The van der Waals surface area contributed by atoms with Gasteiger partial charge in [-0.15, -0.1) is 0 Å². The Morgan fingerprint density at radius 1 is 0.630 bits per heavy atom. The highest BCUT2D eigenvalue weighted by Crippen LogP contribution is 2.54. The van der Waals surface area contributed by atoms with Crippen LogP contribution in [0.4, 0.5) is 0 Å². The van der Waals surface area contributed by atoms with Gasteiger partial charge < -0.3 is 11.5 Å². The van der Waals surface area contributed by atoms with Crippen molar-refractivity contribution in [2.45, 2.75) is 148 Å². The highest BCUT2D eigenvalue weighted by Gasteiger charge is 2.41. The predicted molar refractivity (Wildman–Crippen MR) is 120 cm³/mol. The van der Waals surface area contributed by atoms with Gasteiger partial charge in [0.25, 0.3) is 0 Å². The molecule has 2 saturated carbocycles. The van der Waals surface area contributed by atoms with Crippen molar-refractivity contribution < 1.29 is 0 Å². The Hall–Kier alpha value is -0.0800. The quantitative estimate of drug-likeness (QED) is 0.381. The molecule has 0 heterocycles. The fourth-order valence-corrected chi connectivity index (χ4v) is 6.32. The van der Waals surface area contributed by atoms with Gasteiger partial charge in [-0.2, -0.15) is 0 Å². The van der Waals surface area contributed by atoms with Gasteiger partial charge in [0.2, 0.25) is 0 Å². The standard InChI is InChI=1S/C25H50N2/c1-3-22(26)13-11-19-24(15-7-5-8-16-24)21-25(17-9-6-10-18-25)20-12-14-23(27)4-2/h22-23H,3-21,26-27H2,1-2H3. The molecule has 27 heavy (non-hydrogen) atoms. The molecule has 2 rings (SSSR count). The van der Waals surface area contributed by atoms with Crippen molar-refractivity contribution in [3.8, 4) is 0 Å². The van der Waals surface area contributed by atoms with E-state index in [1.165, 1.54) is 109 Å². The minimum absolute atomic E-state index is 0.421. The lowest BCUT2D eigenvalue weighted by molar-refractivity contribution is 0.0378. The first kappa shape index (κ1) is 23.2. The maximum atomic E-state index is 6.24. The van der Waals surface area contributed by atoms with E-state index >= 15 is 0 Å². The van der Waals surface area contributed by atoms with Crippen LogP contribution in [0.2, 0.25) is 0 Å². The van der Waals surface area contributed by atoms with Crippen LogP contribution in [0.3, 0.4) is 0 Å². The summed E-state index contributed by atoms with van der Waals surface area (Å²) in [7, 11) is 0. The summed E-state index contributed by atoms with van der Waals surface area (Å²) in [5.41, 5.74) is 13.7. The first-order chi connectivity index (χ1) is 13.0. The van der Waals surface area contributed by atoms with Crippen molar-refractivity contribution in [2.75, 3.05) is 0 Å². The van der Waals surface area contributed by atoms with Crippen LogP contribution >= 0.6 is 0 Å². The zero-order valence-electron chi connectivity index (χ0n) is 18.7. The normalized spacial score (nSPS) is 24.4. The molecule has 0 radical (unpaired) electrons. The maximum absolute atomic E-state index is 6.24. The smallest absolute Gasteiger partial charge is 0.00362 e. The summed E-state index contributed by atoms with van der Waals surface area (Å²) >= 11 is 0. The monoisotopic (exact) mass is 378 g/mol. The van der Waals surface area contributed by atoms with Crippen molar-refractivity contribution in [1.29, 1.82) is 0 Å². The Morgan fingerprint density at radius 3 is 1.33 bits per heavy atom. The number of rotatable bonds is 12. The third kappa shape index (κ3) is 7.69.